The van der Waals surface area contributed by atoms with Crippen molar-refractivity contribution in [2.24, 2.45) is 0 Å². The highest BCUT2D eigenvalue weighted by Crippen LogP contribution is 2.29. The van der Waals surface area contributed by atoms with E-state index in [9.17, 15) is 14.5 Å². The lowest BCUT2D eigenvalue weighted by atomic mass is 10.2. The summed E-state index contributed by atoms with van der Waals surface area (Å²) in [6.07, 6.45) is 0. The molecule has 0 amide bonds. The molecule has 2 aromatic rings. The molecule has 2 N–H and O–H groups in total. The molecule has 7 nitrogen and oxygen atoms in total. The molecule has 0 spiro atoms. The van der Waals surface area contributed by atoms with E-state index >= 15 is 0 Å². The Morgan fingerprint density at radius 2 is 2.10 bits per heavy atom. The molecule has 0 fully saturated rings. The normalized spacial score (nSPS) is 10.0. The van der Waals surface area contributed by atoms with Gasteiger partial charge in [0.2, 0.25) is 5.82 Å². The number of anilines is 3. The summed E-state index contributed by atoms with van der Waals surface area (Å²) in [7, 11) is 3.00. The van der Waals surface area contributed by atoms with Gasteiger partial charge in [-0.1, -0.05) is 0 Å². The third-order valence-electron chi connectivity index (χ3n) is 2.74. The quantitative estimate of drug-likeness (QED) is 0.650. The molecule has 21 heavy (non-hydrogen) atoms. The molecule has 0 radical (unpaired) electrons. The molecule has 1 aromatic heterocycles. The van der Waals surface area contributed by atoms with Crippen LogP contribution in [0.5, 0.6) is 5.75 Å². The number of benzene rings is 1. The van der Waals surface area contributed by atoms with E-state index in [4.69, 9.17) is 4.74 Å². The number of halogens is 1. The molecule has 8 heteroatoms. The Labute approximate surface area is 119 Å². The Kier molecular flexibility index (Phi) is 4.17. The number of methoxy groups -OCH3 is 1. The van der Waals surface area contributed by atoms with Gasteiger partial charge in [0.1, 0.15) is 5.82 Å². The van der Waals surface area contributed by atoms with Crippen molar-refractivity contribution in [2.45, 2.75) is 0 Å². The minimum Gasteiger partial charge on any atom is -0.494 e. The Bertz CT molecular complexity index is 678. The van der Waals surface area contributed by atoms with E-state index in [-0.39, 0.29) is 17.3 Å². The van der Waals surface area contributed by atoms with Crippen molar-refractivity contribution in [1.82, 2.24) is 4.98 Å². The van der Waals surface area contributed by atoms with Crippen LogP contribution in [-0.2, 0) is 0 Å². The zero-order chi connectivity index (χ0) is 15.4. The molecule has 0 saturated carbocycles. The molecule has 0 saturated heterocycles. The molecule has 1 aromatic carbocycles. The van der Waals surface area contributed by atoms with E-state index < -0.39 is 10.7 Å². The molecule has 110 valence electrons. The van der Waals surface area contributed by atoms with E-state index in [1.54, 1.807) is 13.1 Å². The summed E-state index contributed by atoms with van der Waals surface area (Å²) in [5, 5.41) is 16.5. The fourth-order valence-corrected chi connectivity index (χ4v) is 1.71. The van der Waals surface area contributed by atoms with Crippen LogP contribution in [0, 0.1) is 15.9 Å². The number of rotatable bonds is 5. The zero-order valence-corrected chi connectivity index (χ0v) is 11.4. The van der Waals surface area contributed by atoms with E-state index in [0.29, 0.717) is 11.5 Å². The molecule has 0 atom stereocenters. The summed E-state index contributed by atoms with van der Waals surface area (Å²) in [6.45, 7) is 0. The first-order valence-electron chi connectivity index (χ1n) is 5.99. The minimum absolute atomic E-state index is 0.0245. The maximum atomic E-state index is 13.6. The number of hydrogen-bond acceptors (Lipinski definition) is 6. The second kappa shape index (κ2) is 6.04. The van der Waals surface area contributed by atoms with Crippen LogP contribution >= 0.6 is 0 Å². The number of hydrogen-bond donors (Lipinski definition) is 2. The Morgan fingerprint density at radius 3 is 2.67 bits per heavy atom. The molecule has 0 bridgehead atoms. The summed E-state index contributed by atoms with van der Waals surface area (Å²) in [6, 6.07) is 6.94. The van der Waals surface area contributed by atoms with Crippen molar-refractivity contribution in [2.75, 3.05) is 24.8 Å². The number of nitrogens with zero attached hydrogens (tertiary/aromatic N) is 2. The van der Waals surface area contributed by atoms with Crippen LogP contribution in [0.2, 0.25) is 0 Å². The lowest BCUT2D eigenvalue weighted by molar-refractivity contribution is -0.384. The van der Waals surface area contributed by atoms with Gasteiger partial charge in [-0.05, 0) is 18.2 Å². The van der Waals surface area contributed by atoms with Crippen molar-refractivity contribution in [3.05, 3.63) is 46.3 Å². The average Bonchev–Trinajstić information content (AvgIpc) is 2.47. The Balaban J connectivity index is 2.37. The first-order valence-corrected chi connectivity index (χ1v) is 5.99. The van der Waals surface area contributed by atoms with E-state index in [0.717, 1.165) is 0 Å². The van der Waals surface area contributed by atoms with Crippen molar-refractivity contribution in [3.8, 4) is 5.75 Å². The van der Waals surface area contributed by atoms with Gasteiger partial charge < -0.3 is 15.4 Å². The van der Waals surface area contributed by atoms with E-state index in [1.807, 2.05) is 0 Å². The van der Waals surface area contributed by atoms with Gasteiger partial charge in [0.05, 0.1) is 12.0 Å². The molecule has 0 aliphatic carbocycles. The predicted molar refractivity (Wildman–Crippen MR) is 76.7 cm³/mol. The SMILES string of the molecule is CNc1ccc([N+](=O)[O-])c(Nc2ccc(OC)c(F)c2)n1. The number of aromatic nitrogens is 1. The lowest BCUT2D eigenvalue weighted by Gasteiger charge is -2.09. The van der Waals surface area contributed by atoms with Gasteiger partial charge in [0, 0.05) is 24.9 Å². The van der Waals surface area contributed by atoms with E-state index in [1.165, 1.54) is 31.4 Å². The average molecular weight is 292 g/mol. The van der Waals surface area contributed by atoms with Crippen molar-refractivity contribution in [1.29, 1.82) is 0 Å². The van der Waals surface area contributed by atoms with Gasteiger partial charge in [0.25, 0.3) is 0 Å². The second-order valence-electron chi connectivity index (χ2n) is 4.05. The van der Waals surface area contributed by atoms with Crippen LogP contribution in [0.3, 0.4) is 0 Å². The fourth-order valence-electron chi connectivity index (χ4n) is 1.71. The topological polar surface area (TPSA) is 89.3 Å². The lowest BCUT2D eigenvalue weighted by Crippen LogP contribution is -2.02. The number of nitrogens with one attached hydrogen (secondary N) is 2. The molecule has 2 rings (SSSR count). The van der Waals surface area contributed by atoms with Gasteiger partial charge in [-0.2, -0.15) is 0 Å². The first-order chi connectivity index (χ1) is 10.0. The summed E-state index contributed by atoms with van der Waals surface area (Å²) < 4.78 is 18.4. The van der Waals surface area contributed by atoms with Crippen molar-refractivity contribution >= 4 is 23.0 Å². The minimum atomic E-state index is -0.574. The zero-order valence-electron chi connectivity index (χ0n) is 11.4. The summed E-state index contributed by atoms with van der Waals surface area (Å²) in [4.78, 5) is 14.5. The predicted octanol–water partition coefficient (Wildman–Crippen LogP) is 2.92. The highest BCUT2D eigenvalue weighted by molar-refractivity contribution is 5.68. The fraction of sp³-hybridized carbons (Fsp3) is 0.154. The summed E-state index contributed by atoms with van der Waals surface area (Å²) in [5.74, 6) is -0.00425. The largest absolute Gasteiger partial charge is 0.494 e. The second-order valence-corrected chi connectivity index (χ2v) is 4.05. The molecule has 0 unspecified atom stereocenters. The van der Waals surface area contributed by atoms with Crippen LogP contribution in [0.1, 0.15) is 0 Å². The monoisotopic (exact) mass is 292 g/mol. The summed E-state index contributed by atoms with van der Waals surface area (Å²) in [5.41, 5.74) is 0.127. The number of ether oxygens (including phenoxy) is 1. The first kappa shape index (κ1) is 14.5. The Morgan fingerprint density at radius 1 is 1.33 bits per heavy atom. The van der Waals surface area contributed by atoms with Gasteiger partial charge in [-0.25, -0.2) is 9.37 Å². The van der Waals surface area contributed by atoms with Gasteiger partial charge >= 0.3 is 5.69 Å². The van der Waals surface area contributed by atoms with Crippen LogP contribution in [0.15, 0.2) is 30.3 Å². The Hall–Kier alpha value is -2.90. The standard InChI is InChI=1S/C13H13FN4O3/c1-15-12-6-4-10(18(19)20)13(17-12)16-8-3-5-11(21-2)9(14)7-8/h3-7H,1-2H3,(H2,15,16,17). The number of nitro groups is 1. The molecule has 0 aliphatic rings. The van der Waals surface area contributed by atoms with Crippen LogP contribution in [0.4, 0.5) is 27.4 Å². The van der Waals surface area contributed by atoms with Gasteiger partial charge in [-0.15, -0.1) is 0 Å². The summed E-state index contributed by atoms with van der Waals surface area (Å²) >= 11 is 0. The third-order valence-corrected chi connectivity index (χ3v) is 2.74. The third kappa shape index (κ3) is 3.16. The van der Waals surface area contributed by atoms with Crippen molar-refractivity contribution in [3.63, 3.8) is 0 Å². The smallest absolute Gasteiger partial charge is 0.311 e. The molecule has 0 aliphatic heterocycles. The maximum Gasteiger partial charge on any atom is 0.311 e. The molecular weight excluding hydrogens is 279 g/mol. The number of pyridine rings is 1. The van der Waals surface area contributed by atoms with Crippen LogP contribution in [0.25, 0.3) is 0 Å². The van der Waals surface area contributed by atoms with Crippen LogP contribution < -0.4 is 15.4 Å². The maximum absolute atomic E-state index is 13.6. The van der Waals surface area contributed by atoms with Crippen molar-refractivity contribution < 1.29 is 14.1 Å². The highest BCUT2D eigenvalue weighted by atomic mass is 19.1. The molecule has 1 heterocycles. The van der Waals surface area contributed by atoms with Gasteiger partial charge in [0.15, 0.2) is 11.6 Å². The van der Waals surface area contributed by atoms with Crippen LogP contribution in [-0.4, -0.2) is 24.1 Å². The highest BCUT2D eigenvalue weighted by Gasteiger charge is 2.16. The van der Waals surface area contributed by atoms with Gasteiger partial charge in [-0.3, -0.25) is 10.1 Å². The van der Waals surface area contributed by atoms with E-state index in [2.05, 4.69) is 15.6 Å². The molecular formula is C13H13FN4O3.